The van der Waals surface area contributed by atoms with Gasteiger partial charge in [0.1, 0.15) is 5.76 Å². The first kappa shape index (κ1) is 23.0. The third kappa shape index (κ3) is 4.68. The summed E-state index contributed by atoms with van der Waals surface area (Å²) in [5.41, 5.74) is 8.14. The lowest BCUT2D eigenvalue weighted by Crippen LogP contribution is -2.31. The Morgan fingerprint density at radius 2 is 1.83 bits per heavy atom. The molecule has 0 saturated carbocycles. The fraction of sp³-hybridized carbons (Fsp3) is 0.355. The lowest BCUT2D eigenvalue weighted by atomic mass is 9.71. The summed E-state index contributed by atoms with van der Waals surface area (Å²) in [6.45, 7) is 8.23. The van der Waals surface area contributed by atoms with Gasteiger partial charge in [0.05, 0.1) is 12.0 Å². The first-order valence-corrected chi connectivity index (χ1v) is 13.2. The zero-order valence-corrected chi connectivity index (χ0v) is 21.3. The molecule has 2 aromatic carbocycles. The predicted molar refractivity (Wildman–Crippen MR) is 146 cm³/mol. The number of rotatable bonds is 6. The minimum atomic E-state index is 0.0202. The molecule has 0 atom stereocenters. The number of nitrogens with one attached hydrogen (secondary N) is 1. The van der Waals surface area contributed by atoms with Crippen LogP contribution in [-0.4, -0.2) is 34.5 Å². The van der Waals surface area contributed by atoms with Crippen LogP contribution in [0.2, 0.25) is 0 Å². The van der Waals surface area contributed by atoms with Crippen LogP contribution in [0.5, 0.6) is 0 Å². The molecule has 5 nitrogen and oxygen atoms in total. The molecule has 1 fully saturated rings. The highest BCUT2D eigenvalue weighted by Crippen LogP contribution is 2.43. The second-order valence-electron chi connectivity index (χ2n) is 10.8. The van der Waals surface area contributed by atoms with Crippen molar-refractivity contribution in [1.29, 1.82) is 0 Å². The zero-order valence-electron chi connectivity index (χ0n) is 21.3. The number of likely N-dealkylation sites (tertiary alicyclic amines) is 1. The summed E-state index contributed by atoms with van der Waals surface area (Å²) in [6.07, 6.45) is 9.79. The van der Waals surface area contributed by atoms with Gasteiger partial charge < -0.3 is 14.6 Å². The summed E-state index contributed by atoms with van der Waals surface area (Å²) in [7, 11) is 0. The second kappa shape index (κ2) is 9.55. The smallest absolute Gasteiger partial charge is 0.227 e. The van der Waals surface area contributed by atoms with Crippen molar-refractivity contribution in [3.8, 4) is 22.6 Å². The molecule has 0 unspecified atom stereocenters. The van der Waals surface area contributed by atoms with E-state index in [2.05, 4.69) is 71.5 Å². The molecule has 1 N–H and O–H groups in total. The number of nitrogens with zero attached hydrogens (tertiary/aromatic N) is 3. The van der Waals surface area contributed by atoms with Crippen molar-refractivity contribution in [2.45, 2.75) is 51.4 Å². The molecule has 6 rings (SSSR count). The van der Waals surface area contributed by atoms with Gasteiger partial charge in [-0.05, 0) is 91.2 Å². The average molecular weight is 479 g/mol. The third-order valence-corrected chi connectivity index (χ3v) is 7.68. The van der Waals surface area contributed by atoms with Crippen molar-refractivity contribution >= 4 is 11.6 Å². The normalized spacial score (nSPS) is 16.8. The van der Waals surface area contributed by atoms with E-state index < -0.39 is 0 Å². The van der Waals surface area contributed by atoms with Crippen LogP contribution in [0.1, 0.15) is 49.8 Å². The molecule has 2 aliphatic rings. The highest BCUT2D eigenvalue weighted by Gasteiger charge is 2.32. The second-order valence-corrected chi connectivity index (χ2v) is 10.8. The van der Waals surface area contributed by atoms with Gasteiger partial charge in [-0.2, -0.15) is 0 Å². The van der Waals surface area contributed by atoms with Gasteiger partial charge in [0, 0.05) is 29.6 Å². The van der Waals surface area contributed by atoms with E-state index in [1.54, 1.807) is 6.26 Å². The molecule has 0 radical (unpaired) electrons. The Morgan fingerprint density at radius 1 is 1.00 bits per heavy atom. The van der Waals surface area contributed by atoms with Crippen LogP contribution in [0.25, 0.3) is 22.6 Å². The summed E-state index contributed by atoms with van der Waals surface area (Å²) < 4.78 is 5.67. The molecule has 0 amide bonds. The first-order chi connectivity index (χ1) is 17.5. The van der Waals surface area contributed by atoms with Crippen molar-refractivity contribution in [2.24, 2.45) is 0 Å². The Morgan fingerprint density at radius 3 is 2.61 bits per heavy atom. The highest BCUT2D eigenvalue weighted by atomic mass is 16.3. The molecule has 184 valence electrons. The molecule has 4 aromatic rings. The zero-order chi connectivity index (χ0) is 24.5. The molecule has 0 bridgehead atoms. The van der Waals surface area contributed by atoms with Crippen molar-refractivity contribution in [2.75, 3.05) is 25.0 Å². The van der Waals surface area contributed by atoms with Crippen molar-refractivity contribution in [1.82, 2.24) is 14.9 Å². The van der Waals surface area contributed by atoms with Crippen LogP contribution in [0.3, 0.4) is 0 Å². The van der Waals surface area contributed by atoms with Crippen LogP contribution in [-0.2, 0) is 18.3 Å². The number of furan rings is 1. The lowest BCUT2D eigenvalue weighted by molar-refractivity contribution is 0.231. The number of anilines is 2. The van der Waals surface area contributed by atoms with Gasteiger partial charge in [-0.1, -0.05) is 44.5 Å². The summed E-state index contributed by atoms with van der Waals surface area (Å²) >= 11 is 0. The number of benzene rings is 2. The molecule has 1 aliphatic heterocycles. The Kier molecular flexibility index (Phi) is 6.10. The number of hydrogen-bond acceptors (Lipinski definition) is 5. The summed E-state index contributed by atoms with van der Waals surface area (Å²) in [6, 6.07) is 19.2. The Balaban J connectivity index is 1.22. The monoisotopic (exact) mass is 478 g/mol. The minimum absolute atomic E-state index is 0.0202. The maximum atomic E-state index is 5.67. The molecule has 2 aromatic heterocycles. The summed E-state index contributed by atoms with van der Waals surface area (Å²) in [5.74, 6) is 1.50. The largest absolute Gasteiger partial charge is 0.464 e. The van der Waals surface area contributed by atoms with Crippen molar-refractivity contribution in [3.63, 3.8) is 0 Å². The van der Waals surface area contributed by atoms with Crippen LogP contribution in [0.15, 0.2) is 71.5 Å². The fourth-order valence-corrected chi connectivity index (χ4v) is 5.68. The SMILES string of the molecule is CC1(C)Cc2cnc(Nc3ccc(CCN4CCCCC4)cc3)nc2-c2cc(-c3ccco3)ccc21. The molecule has 36 heavy (non-hydrogen) atoms. The predicted octanol–water partition coefficient (Wildman–Crippen LogP) is 7.01. The van der Waals surface area contributed by atoms with Gasteiger partial charge in [-0.25, -0.2) is 9.97 Å². The van der Waals surface area contributed by atoms with Gasteiger partial charge in [-0.15, -0.1) is 0 Å². The van der Waals surface area contributed by atoms with E-state index in [0.717, 1.165) is 47.7 Å². The lowest BCUT2D eigenvalue weighted by Gasteiger charge is -2.33. The molecule has 0 spiro atoms. The number of piperidine rings is 1. The highest BCUT2D eigenvalue weighted by molar-refractivity contribution is 5.77. The van der Waals surface area contributed by atoms with E-state index in [1.807, 2.05) is 18.3 Å². The fourth-order valence-electron chi connectivity index (χ4n) is 5.68. The standard InChI is InChI=1S/C31H34N4O/c1-31(2)20-24-21-32-30(33-25-11-8-22(9-12-25)14-17-35-15-4-3-5-16-35)34-29(24)26-19-23(10-13-27(26)31)28-7-6-18-36-28/h6-13,18-19,21H,3-5,14-17,20H2,1-2H3,(H,32,33,34). The van der Waals surface area contributed by atoms with Gasteiger partial charge in [0.2, 0.25) is 5.95 Å². The van der Waals surface area contributed by atoms with Gasteiger partial charge in [0.15, 0.2) is 0 Å². The summed E-state index contributed by atoms with van der Waals surface area (Å²) in [4.78, 5) is 12.3. The van der Waals surface area contributed by atoms with Crippen LogP contribution >= 0.6 is 0 Å². The van der Waals surface area contributed by atoms with Crippen LogP contribution < -0.4 is 5.32 Å². The number of hydrogen-bond donors (Lipinski definition) is 1. The van der Waals surface area contributed by atoms with E-state index >= 15 is 0 Å². The maximum absolute atomic E-state index is 5.67. The van der Waals surface area contributed by atoms with E-state index in [4.69, 9.17) is 9.40 Å². The third-order valence-electron chi connectivity index (χ3n) is 7.68. The Labute approximate surface area is 213 Å². The maximum Gasteiger partial charge on any atom is 0.227 e. The molecule has 3 heterocycles. The van der Waals surface area contributed by atoms with E-state index in [9.17, 15) is 0 Å². The quantitative estimate of drug-likeness (QED) is 0.323. The first-order valence-electron chi connectivity index (χ1n) is 13.2. The number of aromatic nitrogens is 2. The van der Waals surface area contributed by atoms with Gasteiger partial charge in [0.25, 0.3) is 0 Å². The average Bonchev–Trinajstić information content (AvgIpc) is 3.44. The van der Waals surface area contributed by atoms with E-state index in [0.29, 0.717) is 5.95 Å². The van der Waals surface area contributed by atoms with Crippen LogP contribution in [0, 0.1) is 0 Å². The van der Waals surface area contributed by atoms with Crippen molar-refractivity contribution in [3.05, 3.63) is 83.7 Å². The molecule has 1 saturated heterocycles. The van der Waals surface area contributed by atoms with E-state index in [1.165, 1.54) is 49.0 Å². The Hall–Kier alpha value is -3.44. The van der Waals surface area contributed by atoms with Crippen molar-refractivity contribution < 1.29 is 4.42 Å². The van der Waals surface area contributed by atoms with Crippen LogP contribution in [0.4, 0.5) is 11.6 Å². The van der Waals surface area contributed by atoms with Gasteiger partial charge in [-0.3, -0.25) is 0 Å². The molecular weight excluding hydrogens is 444 g/mol. The van der Waals surface area contributed by atoms with Gasteiger partial charge >= 0.3 is 0 Å². The molecule has 1 aliphatic carbocycles. The molecular formula is C31H34N4O. The summed E-state index contributed by atoms with van der Waals surface area (Å²) in [5, 5.41) is 3.43. The minimum Gasteiger partial charge on any atom is -0.464 e. The Bertz CT molecular complexity index is 1340. The van der Waals surface area contributed by atoms with E-state index in [-0.39, 0.29) is 5.41 Å². The molecule has 5 heteroatoms. The topological polar surface area (TPSA) is 54.2 Å². The number of fused-ring (bicyclic) bond motifs is 3.